The van der Waals surface area contributed by atoms with Crippen LogP contribution in [-0.4, -0.2) is 6.71 Å². The van der Waals surface area contributed by atoms with E-state index in [1.54, 1.807) is 0 Å². The molecule has 7 aromatic carbocycles. The third kappa shape index (κ3) is 4.52. The Kier molecular flexibility index (Phi) is 6.68. The minimum atomic E-state index is 0.0858. The zero-order chi connectivity index (χ0) is 32.2. The van der Waals surface area contributed by atoms with E-state index in [1.807, 2.05) is 0 Å². The van der Waals surface area contributed by atoms with E-state index >= 15 is 0 Å². The summed E-state index contributed by atoms with van der Waals surface area (Å²) in [5.41, 5.74) is 17.0. The lowest BCUT2D eigenvalue weighted by molar-refractivity contribution is 1.23. The van der Waals surface area contributed by atoms with E-state index < -0.39 is 0 Å². The Morgan fingerprint density at radius 1 is 0.396 bits per heavy atom. The highest BCUT2D eigenvalue weighted by Gasteiger charge is 2.43. The molecule has 2 aliphatic heterocycles. The van der Waals surface area contributed by atoms with Gasteiger partial charge >= 0.3 is 0 Å². The van der Waals surface area contributed by atoms with E-state index in [-0.39, 0.29) is 6.71 Å². The molecule has 0 saturated carbocycles. The highest BCUT2D eigenvalue weighted by molar-refractivity contribution is 7.00. The molecule has 0 radical (unpaired) electrons. The zero-order valence-electron chi connectivity index (χ0n) is 27.1. The van der Waals surface area contributed by atoms with Gasteiger partial charge in [0.05, 0.1) is 0 Å². The fraction of sp³-hybridized carbons (Fsp3) is 0.0455. The number of anilines is 9. The van der Waals surface area contributed by atoms with Gasteiger partial charge in [-0.15, -0.1) is 0 Å². The number of rotatable bonds is 5. The average molecular weight is 616 g/mol. The molecular formula is C44H34BN3. The van der Waals surface area contributed by atoms with Crippen molar-refractivity contribution in [3.8, 4) is 0 Å². The fourth-order valence-electron chi connectivity index (χ4n) is 7.55. The molecule has 0 aromatic heterocycles. The summed E-state index contributed by atoms with van der Waals surface area (Å²) in [4.78, 5) is 7.28. The van der Waals surface area contributed by atoms with Gasteiger partial charge in [-0.25, -0.2) is 0 Å². The number of hydrogen-bond acceptors (Lipinski definition) is 3. The standard InChI is InChI=1S/C44H34BN3/c1-31-20-24-35(25-21-31)46(33-12-5-3-6-13-33)37-28-29-39-43(30-37)48(36-26-22-32(2)23-27-36)42-19-11-18-41-44(42)45(39)38-16-9-10-17-40(38)47(41)34-14-7-4-8-15-34/h3-30H,1-2H3. The van der Waals surface area contributed by atoms with Crippen molar-refractivity contribution in [2.45, 2.75) is 13.8 Å². The number of fused-ring (bicyclic) bond motifs is 4. The summed E-state index contributed by atoms with van der Waals surface area (Å²) in [5.74, 6) is 0. The van der Waals surface area contributed by atoms with Gasteiger partial charge in [-0.1, -0.05) is 102 Å². The van der Waals surface area contributed by atoms with Crippen molar-refractivity contribution in [3.63, 3.8) is 0 Å². The Labute approximate surface area is 283 Å². The first kappa shape index (κ1) is 28.2. The van der Waals surface area contributed by atoms with E-state index in [9.17, 15) is 0 Å². The van der Waals surface area contributed by atoms with Gasteiger partial charge < -0.3 is 14.7 Å². The summed E-state index contributed by atoms with van der Waals surface area (Å²) in [6.45, 7) is 4.38. The average Bonchev–Trinajstić information content (AvgIpc) is 3.14. The summed E-state index contributed by atoms with van der Waals surface area (Å²) >= 11 is 0. The smallest absolute Gasteiger partial charge is 0.252 e. The number of hydrogen-bond donors (Lipinski definition) is 0. The molecule has 9 rings (SSSR count). The maximum absolute atomic E-state index is 2.48. The molecule has 2 aliphatic rings. The highest BCUT2D eigenvalue weighted by atomic mass is 15.2. The monoisotopic (exact) mass is 615 g/mol. The van der Waals surface area contributed by atoms with Crippen molar-refractivity contribution in [2.24, 2.45) is 0 Å². The minimum Gasteiger partial charge on any atom is -0.311 e. The molecule has 0 N–H and O–H groups in total. The normalized spacial score (nSPS) is 12.7. The van der Waals surface area contributed by atoms with E-state index in [0.29, 0.717) is 0 Å². The van der Waals surface area contributed by atoms with Crippen LogP contribution in [-0.2, 0) is 0 Å². The highest BCUT2D eigenvalue weighted by Crippen LogP contribution is 2.45. The second-order valence-electron chi connectivity index (χ2n) is 12.8. The van der Waals surface area contributed by atoms with E-state index in [2.05, 4.69) is 198 Å². The van der Waals surface area contributed by atoms with Crippen molar-refractivity contribution in [1.29, 1.82) is 0 Å². The van der Waals surface area contributed by atoms with Crippen LogP contribution in [0.4, 0.5) is 51.2 Å². The second kappa shape index (κ2) is 11.4. The summed E-state index contributed by atoms with van der Waals surface area (Å²) in [6.07, 6.45) is 0. The molecule has 228 valence electrons. The van der Waals surface area contributed by atoms with Gasteiger partial charge in [-0.3, -0.25) is 0 Å². The molecule has 3 nitrogen and oxygen atoms in total. The van der Waals surface area contributed by atoms with Gasteiger partial charge in [0.15, 0.2) is 0 Å². The van der Waals surface area contributed by atoms with Gasteiger partial charge in [0.1, 0.15) is 0 Å². The van der Waals surface area contributed by atoms with Crippen LogP contribution >= 0.6 is 0 Å². The van der Waals surface area contributed by atoms with Gasteiger partial charge in [0, 0.05) is 51.2 Å². The number of nitrogens with zero attached hydrogens (tertiary/aromatic N) is 3. The molecule has 0 saturated heterocycles. The van der Waals surface area contributed by atoms with Gasteiger partial charge in [0.2, 0.25) is 0 Å². The van der Waals surface area contributed by atoms with Crippen LogP contribution in [0.1, 0.15) is 11.1 Å². The first-order valence-corrected chi connectivity index (χ1v) is 16.7. The van der Waals surface area contributed by atoms with Crippen LogP contribution in [0.5, 0.6) is 0 Å². The quantitative estimate of drug-likeness (QED) is 0.179. The molecule has 0 aliphatic carbocycles. The minimum absolute atomic E-state index is 0.0858. The summed E-state index contributed by atoms with van der Waals surface area (Å²) in [5, 5.41) is 0. The molecule has 0 spiro atoms. The van der Waals surface area contributed by atoms with Gasteiger partial charge in [-0.05, 0) is 109 Å². The molecule has 7 aromatic rings. The molecule has 0 bridgehead atoms. The first-order chi connectivity index (χ1) is 23.7. The second-order valence-corrected chi connectivity index (χ2v) is 12.8. The zero-order valence-corrected chi connectivity index (χ0v) is 27.1. The summed E-state index contributed by atoms with van der Waals surface area (Å²) in [7, 11) is 0. The Morgan fingerprint density at radius 3 is 1.60 bits per heavy atom. The number of para-hydroxylation sites is 3. The Balaban J connectivity index is 1.31. The number of benzene rings is 7. The molecule has 0 amide bonds. The predicted octanol–water partition coefficient (Wildman–Crippen LogP) is 9.86. The van der Waals surface area contributed by atoms with Crippen LogP contribution in [0, 0.1) is 13.8 Å². The first-order valence-electron chi connectivity index (χ1n) is 16.7. The third-order valence-corrected chi connectivity index (χ3v) is 9.76. The van der Waals surface area contributed by atoms with Crippen molar-refractivity contribution in [3.05, 3.63) is 181 Å². The largest absolute Gasteiger partial charge is 0.311 e. The Morgan fingerprint density at radius 2 is 0.896 bits per heavy atom. The van der Waals surface area contributed by atoms with Crippen molar-refractivity contribution >= 4 is 74.3 Å². The summed E-state index contributed by atoms with van der Waals surface area (Å²) in [6, 6.07) is 62.0. The van der Waals surface area contributed by atoms with Gasteiger partial charge in [-0.2, -0.15) is 0 Å². The van der Waals surface area contributed by atoms with Crippen molar-refractivity contribution < 1.29 is 0 Å². The molecule has 0 atom stereocenters. The molecular weight excluding hydrogens is 581 g/mol. The van der Waals surface area contributed by atoms with Crippen LogP contribution in [0.3, 0.4) is 0 Å². The molecule has 0 unspecified atom stereocenters. The van der Waals surface area contributed by atoms with Crippen molar-refractivity contribution in [1.82, 2.24) is 0 Å². The molecule has 4 heteroatoms. The maximum atomic E-state index is 2.48. The van der Waals surface area contributed by atoms with Crippen LogP contribution in [0.25, 0.3) is 0 Å². The SMILES string of the molecule is Cc1ccc(N(c2ccccc2)c2ccc3c(c2)N(c2ccc(C)cc2)c2cccc4c2B3c2ccccc2N4c2ccccc2)cc1. The van der Waals surface area contributed by atoms with Gasteiger partial charge in [0.25, 0.3) is 6.71 Å². The van der Waals surface area contributed by atoms with Crippen molar-refractivity contribution in [2.75, 3.05) is 14.7 Å². The van der Waals surface area contributed by atoms with Crippen LogP contribution in [0.15, 0.2) is 170 Å². The topological polar surface area (TPSA) is 9.72 Å². The third-order valence-electron chi connectivity index (χ3n) is 9.76. The molecule has 2 heterocycles. The molecule has 48 heavy (non-hydrogen) atoms. The van der Waals surface area contributed by atoms with Crippen LogP contribution in [0.2, 0.25) is 0 Å². The van der Waals surface area contributed by atoms with E-state index in [0.717, 1.165) is 28.4 Å². The summed E-state index contributed by atoms with van der Waals surface area (Å²) < 4.78 is 0. The lowest BCUT2D eigenvalue weighted by Crippen LogP contribution is -2.61. The lowest BCUT2D eigenvalue weighted by Gasteiger charge is -2.44. The Bertz CT molecular complexity index is 2260. The lowest BCUT2D eigenvalue weighted by atomic mass is 9.33. The number of aryl methyl sites for hydroxylation is 2. The maximum Gasteiger partial charge on any atom is 0.252 e. The predicted molar refractivity (Wildman–Crippen MR) is 205 cm³/mol. The fourth-order valence-corrected chi connectivity index (χ4v) is 7.55. The Hall–Kier alpha value is -6.00. The van der Waals surface area contributed by atoms with E-state index in [4.69, 9.17) is 0 Å². The molecule has 0 fully saturated rings. The van der Waals surface area contributed by atoms with E-state index in [1.165, 1.54) is 50.3 Å². The van der Waals surface area contributed by atoms with Crippen LogP contribution < -0.4 is 31.1 Å².